The average molecular weight is 303 g/mol. The highest BCUT2D eigenvalue weighted by molar-refractivity contribution is 6.01. The van der Waals surface area contributed by atoms with Crippen molar-refractivity contribution in [1.29, 1.82) is 0 Å². The summed E-state index contributed by atoms with van der Waals surface area (Å²) in [7, 11) is 0. The van der Waals surface area contributed by atoms with Crippen LogP contribution in [0.2, 0.25) is 0 Å². The number of benzene rings is 1. The van der Waals surface area contributed by atoms with Crippen LogP contribution in [-0.4, -0.2) is 39.9 Å². The molecule has 116 valence electrons. The highest BCUT2D eigenvalue weighted by Crippen LogP contribution is 2.38. The van der Waals surface area contributed by atoms with Crippen LogP contribution in [0.15, 0.2) is 30.3 Å². The van der Waals surface area contributed by atoms with Crippen LogP contribution in [0.3, 0.4) is 0 Å². The number of ketones is 1. The van der Waals surface area contributed by atoms with E-state index >= 15 is 0 Å². The number of hydrogen-bond acceptors (Lipinski definition) is 4. The third-order valence-corrected chi connectivity index (χ3v) is 4.40. The molecule has 0 saturated carbocycles. The third kappa shape index (κ3) is 2.56. The van der Waals surface area contributed by atoms with Crippen LogP contribution in [0.25, 0.3) is 0 Å². The first-order valence-corrected chi connectivity index (χ1v) is 7.32. The second kappa shape index (κ2) is 5.79. The zero-order valence-corrected chi connectivity index (χ0v) is 12.0. The Bertz CT molecular complexity index is 600. The number of fused-ring (bicyclic) bond motifs is 2. The molecule has 0 aromatic heterocycles. The lowest BCUT2D eigenvalue weighted by atomic mass is 9.89. The van der Waals surface area contributed by atoms with Gasteiger partial charge in [-0.3, -0.25) is 9.59 Å². The molecule has 2 aliphatic rings. The molecule has 0 radical (unpaired) electrons. The van der Waals surface area contributed by atoms with Gasteiger partial charge in [0.05, 0.1) is 6.04 Å². The highest BCUT2D eigenvalue weighted by atomic mass is 16.6. The average Bonchev–Trinajstić information content (AvgIpc) is 2.80. The van der Waals surface area contributed by atoms with Gasteiger partial charge in [-0.25, -0.2) is 4.79 Å². The van der Waals surface area contributed by atoms with Crippen LogP contribution >= 0.6 is 0 Å². The summed E-state index contributed by atoms with van der Waals surface area (Å²) in [6.45, 7) is 0.140. The Morgan fingerprint density at radius 3 is 2.64 bits per heavy atom. The Morgan fingerprint density at radius 1 is 1.23 bits per heavy atom. The molecule has 3 rings (SSSR count). The van der Waals surface area contributed by atoms with Gasteiger partial charge in [-0.15, -0.1) is 0 Å². The predicted molar refractivity (Wildman–Crippen MR) is 76.0 cm³/mol. The van der Waals surface area contributed by atoms with Crippen LogP contribution in [-0.2, 0) is 20.9 Å². The lowest BCUT2D eigenvalue weighted by Gasteiger charge is -2.36. The first-order chi connectivity index (χ1) is 10.6. The monoisotopic (exact) mass is 303 g/mol. The van der Waals surface area contributed by atoms with Crippen LogP contribution in [0.4, 0.5) is 4.79 Å². The molecule has 6 nitrogen and oxygen atoms in total. The summed E-state index contributed by atoms with van der Waals surface area (Å²) >= 11 is 0. The fraction of sp³-hybridized carbons (Fsp3) is 0.438. The Balaban J connectivity index is 1.70. The van der Waals surface area contributed by atoms with Gasteiger partial charge < -0.3 is 14.7 Å². The van der Waals surface area contributed by atoms with E-state index in [1.165, 1.54) is 4.90 Å². The van der Waals surface area contributed by atoms with Crippen molar-refractivity contribution in [2.24, 2.45) is 5.92 Å². The molecule has 1 amide bonds. The first-order valence-electron chi connectivity index (χ1n) is 7.32. The summed E-state index contributed by atoms with van der Waals surface area (Å²) in [5, 5.41) is 9.24. The minimum Gasteiger partial charge on any atom is -0.481 e. The predicted octanol–water partition coefficient (Wildman–Crippen LogP) is 1.83. The fourth-order valence-corrected chi connectivity index (χ4v) is 3.39. The van der Waals surface area contributed by atoms with E-state index in [-0.39, 0.29) is 24.9 Å². The van der Waals surface area contributed by atoms with E-state index in [9.17, 15) is 19.5 Å². The number of rotatable bonds is 3. The molecule has 1 N–H and O–H groups in total. The molecular weight excluding hydrogens is 286 g/mol. The normalized spacial score (nSPS) is 26.8. The van der Waals surface area contributed by atoms with Crippen molar-refractivity contribution in [2.45, 2.75) is 38.0 Å². The second-order valence-electron chi connectivity index (χ2n) is 5.73. The van der Waals surface area contributed by atoms with Gasteiger partial charge in [0.25, 0.3) is 0 Å². The van der Waals surface area contributed by atoms with Gasteiger partial charge in [0.2, 0.25) is 0 Å². The highest BCUT2D eigenvalue weighted by Gasteiger charge is 2.52. The van der Waals surface area contributed by atoms with Gasteiger partial charge in [0, 0.05) is 12.5 Å². The molecule has 0 aliphatic carbocycles. The van der Waals surface area contributed by atoms with E-state index in [4.69, 9.17) is 4.74 Å². The number of carbonyl (C=O) groups is 3. The Hall–Kier alpha value is -2.37. The maximum absolute atomic E-state index is 12.3. The van der Waals surface area contributed by atoms with Crippen molar-refractivity contribution in [1.82, 2.24) is 4.90 Å². The number of ether oxygens (including phenoxy) is 1. The second-order valence-corrected chi connectivity index (χ2v) is 5.73. The summed E-state index contributed by atoms with van der Waals surface area (Å²) in [4.78, 5) is 37.0. The third-order valence-electron chi connectivity index (χ3n) is 4.40. The van der Waals surface area contributed by atoms with E-state index in [0.29, 0.717) is 12.8 Å². The number of hydrogen-bond donors (Lipinski definition) is 1. The van der Waals surface area contributed by atoms with E-state index in [2.05, 4.69) is 0 Å². The van der Waals surface area contributed by atoms with E-state index in [0.717, 1.165) is 5.56 Å². The molecule has 2 aliphatic heterocycles. The Labute approximate surface area is 127 Å². The largest absolute Gasteiger partial charge is 0.481 e. The maximum Gasteiger partial charge on any atom is 0.410 e. The number of carboxylic acids is 1. The molecule has 1 aromatic carbocycles. The summed E-state index contributed by atoms with van der Waals surface area (Å²) in [6, 6.07) is 8.48. The van der Waals surface area contributed by atoms with E-state index < -0.39 is 24.0 Å². The van der Waals surface area contributed by atoms with Gasteiger partial charge in [-0.05, 0) is 18.4 Å². The van der Waals surface area contributed by atoms with Crippen molar-refractivity contribution in [3.05, 3.63) is 35.9 Å². The minimum absolute atomic E-state index is 0.105. The molecule has 3 atom stereocenters. The lowest BCUT2D eigenvalue weighted by Crippen LogP contribution is -2.54. The lowest BCUT2D eigenvalue weighted by molar-refractivity contribution is -0.150. The standard InChI is InChI=1S/C16H17NO5/c18-13-8-11-6-7-12(14(13)15(19)20)17(11)16(21)22-9-10-4-2-1-3-5-10/h1-5,11-12,14H,6-9H2,(H,19,20)/t11-,12+,14?/m0/s1. The molecular formula is C16H17NO5. The SMILES string of the molecule is O=C(O)C1C(=O)C[C@@H]2CC[C@H]1N2C(=O)OCc1ccccc1. The molecule has 1 aromatic rings. The summed E-state index contributed by atoms with van der Waals surface area (Å²) in [5.74, 6) is -2.56. The fourth-order valence-electron chi connectivity index (χ4n) is 3.39. The van der Waals surface area contributed by atoms with Crippen molar-refractivity contribution in [2.75, 3.05) is 0 Å². The van der Waals surface area contributed by atoms with Crippen molar-refractivity contribution in [3.8, 4) is 0 Å². The van der Waals surface area contributed by atoms with E-state index in [1.54, 1.807) is 0 Å². The molecule has 2 saturated heterocycles. The molecule has 1 unspecified atom stereocenters. The minimum atomic E-state index is -1.16. The number of carbonyl (C=O) groups excluding carboxylic acids is 2. The van der Waals surface area contributed by atoms with Crippen LogP contribution in [0.1, 0.15) is 24.8 Å². The van der Waals surface area contributed by atoms with Crippen molar-refractivity contribution >= 4 is 17.8 Å². The van der Waals surface area contributed by atoms with Gasteiger partial charge >= 0.3 is 12.1 Å². The number of aliphatic carboxylic acids is 1. The Kier molecular flexibility index (Phi) is 3.83. The summed E-state index contributed by atoms with van der Waals surface area (Å²) < 4.78 is 5.29. The van der Waals surface area contributed by atoms with E-state index in [1.807, 2.05) is 30.3 Å². The zero-order valence-electron chi connectivity index (χ0n) is 12.0. The zero-order chi connectivity index (χ0) is 15.7. The molecule has 2 bridgehead atoms. The van der Waals surface area contributed by atoms with Gasteiger partial charge in [0.15, 0.2) is 5.78 Å². The first kappa shape index (κ1) is 14.6. The summed E-state index contributed by atoms with van der Waals surface area (Å²) in [5.41, 5.74) is 0.867. The Morgan fingerprint density at radius 2 is 1.95 bits per heavy atom. The van der Waals surface area contributed by atoms with Crippen LogP contribution in [0, 0.1) is 5.92 Å². The molecule has 0 spiro atoms. The molecule has 22 heavy (non-hydrogen) atoms. The number of amides is 1. The van der Waals surface area contributed by atoms with Crippen molar-refractivity contribution < 1.29 is 24.2 Å². The van der Waals surface area contributed by atoms with Gasteiger partial charge in [-0.2, -0.15) is 0 Å². The topological polar surface area (TPSA) is 83.9 Å². The molecule has 6 heteroatoms. The summed E-state index contributed by atoms with van der Waals surface area (Å²) in [6.07, 6.45) is 0.762. The van der Waals surface area contributed by atoms with Crippen molar-refractivity contribution in [3.63, 3.8) is 0 Å². The number of piperidine rings is 1. The molecule has 2 fully saturated rings. The maximum atomic E-state index is 12.3. The van der Waals surface area contributed by atoms with Crippen LogP contribution < -0.4 is 0 Å². The van der Waals surface area contributed by atoms with Gasteiger partial charge in [0.1, 0.15) is 12.5 Å². The smallest absolute Gasteiger partial charge is 0.410 e. The molecule has 2 heterocycles. The van der Waals surface area contributed by atoms with Gasteiger partial charge in [-0.1, -0.05) is 30.3 Å². The van der Waals surface area contributed by atoms with Crippen LogP contribution in [0.5, 0.6) is 0 Å². The number of Topliss-reactive ketones (excluding diaryl/α,β-unsaturated/α-hetero) is 1. The quantitative estimate of drug-likeness (QED) is 0.861. The number of carboxylic acid groups (broad SMARTS) is 1. The number of nitrogens with zero attached hydrogens (tertiary/aromatic N) is 1.